The molecule has 0 bridgehead atoms. The third kappa shape index (κ3) is 22.1. The van der Waals surface area contributed by atoms with Crippen molar-refractivity contribution in [3.8, 4) is 0 Å². The molecule has 0 radical (unpaired) electrons. The molecular formula is C33H72N4O20Si4. The first-order valence-electron chi connectivity index (χ1n) is 19.4. The molecule has 4 amide bonds. The Hall–Kier alpha value is -2.53. The van der Waals surface area contributed by atoms with Gasteiger partial charge in [0.15, 0.2) is 0 Å². The van der Waals surface area contributed by atoms with Gasteiger partial charge >= 0.3 is 59.6 Å². The number of carbonyl (C=O) groups is 4. The summed E-state index contributed by atoms with van der Waals surface area (Å²) in [5.41, 5.74) is -1.60. The number of carbonyl (C=O) groups excluding carboxylic acids is 4. The predicted octanol–water partition coefficient (Wildman–Crippen LogP) is 1.95. The molecule has 0 saturated carbocycles. The van der Waals surface area contributed by atoms with E-state index in [9.17, 15) is 19.2 Å². The van der Waals surface area contributed by atoms with Gasteiger partial charge in [-0.25, -0.2) is 19.2 Å². The predicted molar refractivity (Wildman–Crippen MR) is 225 cm³/mol. The van der Waals surface area contributed by atoms with Gasteiger partial charge in [0.05, 0.1) is 0 Å². The highest BCUT2D eigenvalue weighted by Gasteiger charge is 2.41. The fourth-order valence-electron chi connectivity index (χ4n) is 5.53. The molecule has 0 aliphatic heterocycles. The smallest absolute Gasteiger partial charge is 0.449 e. The lowest BCUT2D eigenvalue weighted by atomic mass is 9.92. The Labute approximate surface area is 364 Å². The average Bonchev–Trinajstić information content (AvgIpc) is 3.29. The van der Waals surface area contributed by atoms with E-state index in [0.29, 0.717) is 49.9 Å². The highest BCUT2D eigenvalue weighted by Crippen LogP contribution is 2.23. The van der Waals surface area contributed by atoms with Crippen molar-refractivity contribution in [1.29, 1.82) is 0 Å². The quantitative estimate of drug-likeness (QED) is 0.0397. The fraction of sp³-hybridized carbons (Fsp3) is 0.879. The van der Waals surface area contributed by atoms with Gasteiger partial charge in [0, 0.05) is 136 Å². The maximum absolute atomic E-state index is 13.0. The SMILES string of the molecule is CO[Si](CCCNC(=O)OCC(COC(=O)NCCC[Si](OC)(OC)OC)(COC(=O)NCCC[Si](OC)(OC)OC)COC(=O)NCCC[Si](OC)(OC)OC)(OC)OC. The van der Waals surface area contributed by atoms with Crippen LogP contribution in [0, 0.1) is 5.41 Å². The van der Waals surface area contributed by atoms with E-state index in [-0.39, 0.29) is 26.2 Å². The Morgan fingerprint density at radius 1 is 0.328 bits per heavy atom. The molecule has 0 aromatic heterocycles. The van der Waals surface area contributed by atoms with Gasteiger partial charge in [-0.1, -0.05) is 0 Å². The van der Waals surface area contributed by atoms with Crippen LogP contribution in [0.5, 0.6) is 0 Å². The van der Waals surface area contributed by atoms with E-state index in [0.717, 1.165) is 0 Å². The number of amides is 4. The van der Waals surface area contributed by atoms with E-state index >= 15 is 0 Å². The van der Waals surface area contributed by atoms with Crippen LogP contribution in [0.3, 0.4) is 0 Å². The molecule has 28 heteroatoms. The molecule has 0 aromatic carbocycles. The van der Waals surface area contributed by atoms with Crippen molar-refractivity contribution >= 4 is 59.6 Å². The van der Waals surface area contributed by atoms with Crippen molar-refractivity contribution in [3.05, 3.63) is 0 Å². The van der Waals surface area contributed by atoms with Gasteiger partial charge in [0.2, 0.25) is 0 Å². The van der Waals surface area contributed by atoms with Crippen molar-refractivity contribution in [2.75, 3.05) is 138 Å². The second-order valence-corrected chi connectivity index (χ2v) is 25.5. The third-order valence-corrected chi connectivity index (χ3v) is 20.8. The highest BCUT2D eigenvalue weighted by atomic mass is 28.4. The van der Waals surface area contributed by atoms with Gasteiger partial charge < -0.3 is 93.3 Å². The lowest BCUT2D eigenvalue weighted by Gasteiger charge is -2.31. The molecule has 24 nitrogen and oxygen atoms in total. The summed E-state index contributed by atoms with van der Waals surface area (Å²) in [7, 11) is 6.22. The molecule has 0 saturated heterocycles. The van der Waals surface area contributed by atoms with E-state index in [1.165, 1.54) is 85.3 Å². The Morgan fingerprint density at radius 2 is 0.492 bits per heavy atom. The average molecular weight is 957 g/mol. The number of ether oxygens (including phenoxy) is 4. The summed E-state index contributed by atoms with van der Waals surface area (Å²) >= 11 is 0. The van der Waals surface area contributed by atoms with Crippen molar-refractivity contribution in [3.63, 3.8) is 0 Å². The summed E-state index contributed by atoms with van der Waals surface area (Å²) < 4.78 is 87.3. The maximum Gasteiger partial charge on any atom is 0.500 e. The van der Waals surface area contributed by atoms with Crippen LogP contribution < -0.4 is 21.3 Å². The molecule has 0 aliphatic rings. The molecule has 0 aliphatic carbocycles. The molecule has 0 fully saturated rings. The molecule has 4 N–H and O–H groups in total. The highest BCUT2D eigenvalue weighted by molar-refractivity contribution is 6.61. The van der Waals surface area contributed by atoms with Crippen LogP contribution >= 0.6 is 0 Å². The van der Waals surface area contributed by atoms with Crippen LogP contribution in [0.4, 0.5) is 19.2 Å². The normalized spacial score (nSPS) is 12.4. The summed E-state index contributed by atoms with van der Waals surface area (Å²) in [6.07, 6.45) is -1.72. The number of rotatable bonds is 36. The first-order valence-corrected chi connectivity index (χ1v) is 27.1. The van der Waals surface area contributed by atoms with Crippen molar-refractivity contribution < 1.29 is 91.2 Å². The second-order valence-electron chi connectivity index (χ2n) is 13.1. The zero-order valence-electron chi connectivity index (χ0n) is 38.0. The Kier molecular flexibility index (Phi) is 30.8. The zero-order valence-corrected chi connectivity index (χ0v) is 42.0. The van der Waals surface area contributed by atoms with Gasteiger partial charge in [-0.05, 0) is 25.7 Å². The summed E-state index contributed by atoms with van der Waals surface area (Å²) in [6, 6.07) is 1.60. The van der Waals surface area contributed by atoms with Crippen LogP contribution in [0.15, 0.2) is 0 Å². The van der Waals surface area contributed by atoms with Gasteiger partial charge in [0.25, 0.3) is 0 Å². The minimum absolute atomic E-state index is 0.158. The largest absolute Gasteiger partial charge is 0.500 e. The number of alkyl carbamates (subject to hydrolysis) is 4. The first-order chi connectivity index (χ1) is 29.1. The summed E-state index contributed by atoms with van der Waals surface area (Å²) in [6.45, 7) is -1.49. The van der Waals surface area contributed by atoms with E-state index in [4.69, 9.17) is 72.1 Å². The van der Waals surface area contributed by atoms with Crippen molar-refractivity contribution in [2.45, 2.75) is 49.9 Å². The van der Waals surface area contributed by atoms with Crippen molar-refractivity contribution in [1.82, 2.24) is 21.3 Å². The molecule has 0 heterocycles. The zero-order chi connectivity index (χ0) is 46.3. The van der Waals surface area contributed by atoms with Crippen LogP contribution in [0.25, 0.3) is 0 Å². The molecule has 61 heavy (non-hydrogen) atoms. The van der Waals surface area contributed by atoms with Gasteiger partial charge in [-0.3, -0.25) is 0 Å². The Balaban J connectivity index is 6.11. The molecule has 0 spiro atoms. The molecule has 0 rings (SSSR count). The monoisotopic (exact) mass is 956 g/mol. The lowest BCUT2D eigenvalue weighted by molar-refractivity contribution is -0.0487. The Morgan fingerprint density at radius 3 is 0.639 bits per heavy atom. The molecule has 0 unspecified atom stereocenters. The van der Waals surface area contributed by atoms with Crippen LogP contribution in [0.2, 0.25) is 24.2 Å². The van der Waals surface area contributed by atoms with Gasteiger partial charge in [0.1, 0.15) is 31.8 Å². The fourth-order valence-corrected chi connectivity index (χ4v) is 12.4. The summed E-state index contributed by atoms with van der Waals surface area (Å²) in [5, 5.41) is 10.5. The van der Waals surface area contributed by atoms with E-state index in [2.05, 4.69) is 21.3 Å². The molecule has 360 valence electrons. The minimum Gasteiger partial charge on any atom is -0.449 e. The lowest BCUT2D eigenvalue weighted by Crippen LogP contribution is -2.47. The van der Waals surface area contributed by atoms with E-state index in [1.54, 1.807) is 0 Å². The number of nitrogens with one attached hydrogen (secondary N) is 4. The third-order valence-electron chi connectivity index (χ3n) is 9.49. The standard InChI is InChI=1S/C33H72N4O20Si4/c1-42-58(43-2,44-3)21-13-17-34-29(38)54-25-33(26-55-30(39)35-18-14-22-59(45-4,46-5)47-6,27-56-31(40)36-19-15-23-60(48-7,49-8)50-9)28-57-32(41)37-20-16-24-61(51-10,52-11)53-12/h13-28H2,1-12H3,(H,34,38)(H,35,39)(H,36,40)(H,37,41). The molecule has 0 atom stereocenters. The first kappa shape index (κ1) is 58.5. The minimum atomic E-state index is -2.89. The van der Waals surface area contributed by atoms with Gasteiger partial charge in [-0.2, -0.15) is 0 Å². The van der Waals surface area contributed by atoms with Crippen LogP contribution in [-0.2, 0) is 72.1 Å². The van der Waals surface area contributed by atoms with Crippen LogP contribution in [0.1, 0.15) is 25.7 Å². The number of hydrogen-bond acceptors (Lipinski definition) is 20. The topological polar surface area (TPSA) is 264 Å². The molecular weight excluding hydrogens is 885 g/mol. The van der Waals surface area contributed by atoms with E-state index < -0.39 is 91.4 Å². The van der Waals surface area contributed by atoms with Crippen molar-refractivity contribution in [2.24, 2.45) is 5.41 Å². The second kappa shape index (κ2) is 32.2. The van der Waals surface area contributed by atoms with Gasteiger partial charge in [-0.15, -0.1) is 0 Å². The van der Waals surface area contributed by atoms with E-state index in [1.807, 2.05) is 0 Å². The Bertz CT molecular complexity index is 1000. The summed E-state index contributed by atoms with van der Waals surface area (Å²) in [5.74, 6) is 0. The van der Waals surface area contributed by atoms with Crippen LogP contribution in [-0.4, -0.2) is 198 Å². The molecule has 0 aromatic rings. The summed E-state index contributed by atoms with van der Waals surface area (Å²) in [4.78, 5) is 51.9. The maximum atomic E-state index is 13.0. The number of hydrogen-bond donors (Lipinski definition) is 4.